The van der Waals surface area contributed by atoms with Crippen LogP contribution >= 0.6 is 11.8 Å². The van der Waals surface area contributed by atoms with E-state index in [0.29, 0.717) is 5.75 Å². The molecule has 0 aliphatic rings. The first-order valence-corrected chi connectivity index (χ1v) is 8.78. The van der Waals surface area contributed by atoms with Gasteiger partial charge in [-0.15, -0.1) is 0 Å². The van der Waals surface area contributed by atoms with Gasteiger partial charge in [0, 0.05) is 12.0 Å². The third-order valence-corrected chi connectivity index (χ3v) is 4.48. The van der Waals surface area contributed by atoms with Crippen molar-refractivity contribution in [3.63, 3.8) is 0 Å². The maximum Gasteiger partial charge on any atom is 0.319 e. The standard InChI is InChI=1S/C11H20O5S2/c1-5-16-10(13)11(2,3)9(12)8-17-6-7-18(4,14)15/h5-8H2,1-4H3. The van der Waals surface area contributed by atoms with E-state index in [-0.39, 0.29) is 23.9 Å². The lowest BCUT2D eigenvalue weighted by Crippen LogP contribution is -2.36. The Bertz CT molecular complexity index is 398. The number of hydrogen-bond donors (Lipinski definition) is 0. The summed E-state index contributed by atoms with van der Waals surface area (Å²) in [6.07, 6.45) is 1.15. The van der Waals surface area contributed by atoms with Crippen molar-refractivity contribution in [1.82, 2.24) is 0 Å². The Morgan fingerprint density at radius 3 is 2.28 bits per heavy atom. The summed E-state index contributed by atoms with van der Waals surface area (Å²) in [6.45, 7) is 4.95. The molecule has 5 nitrogen and oxygen atoms in total. The van der Waals surface area contributed by atoms with E-state index in [1.165, 1.54) is 25.6 Å². The van der Waals surface area contributed by atoms with Gasteiger partial charge in [0.05, 0.1) is 18.1 Å². The van der Waals surface area contributed by atoms with Crippen LogP contribution in [0.2, 0.25) is 0 Å². The van der Waals surface area contributed by atoms with Crippen molar-refractivity contribution in [2.24, 2.45) is 5.41 Å². The quantitative estimate of drug-likeness (QED) is 0.376. The van der Waals surface area contributed by atoms with Crippen LogP contribution in [-0.4, -0.2) is 50.3 Å². The Labute approximate surface area is 113 Å². The second kappa shape index (κ2) is 7.13. The molecule has 0 N–H and O–H groups in total. The van der Waals surface area contributed by atoms with Crippen LogP contribution in [0.25, 0.3) is 0 Å². The molecule has 0 rings (SSSR count). The fraction of sp³-hybridized carbons (Fsp3) is 0.818. The average molecular weight is 296 g/mol. The highest BCUT2D eigenvalue weighted by atomic mass is 32.2. The van der Waals surface area contributed by atoms with Crippen LogP contribution in [0.15, 0.2) is 0 Å². The molecular formula is C11H20O5S2. The molecule has 18 heavy (non-hydrogen) atoms. The van der Waals surface area contributed by atoms with E-state index in [2.05, 4.69) is 0 Å². The summed E-state index contributed by atoms with van der Waals surface area (Å²) < 4.78 is 26.6. The Kier molecular flexibility index (Phi) is 6.91. The van der Waals surface area contributed by atoms with Crippen molar-refractivity contribution in [2.75, 3.05) is 30.1 Å². The zero-order valence-electron chi connectivity index (χ0n) is 11.2. The topological polar surface area (TPSA) is 77.5 Å². The lowest BCUT2D eigenvalue weighted by molar-refractivity contribution is -0.157. The third-order valence-electron chi connectivity index (χ3n) is 2.31. The van der Waals surface area contributed by atoms with E-state index in [1.54, 1.807) is 6.92 Å². The molecule has 0 saturated carbocycles. The smallest absolute Gasteiger partial charge is 0.319 e. The molecule has 0 radical (unpaired) electrons. The maximum absolute atomic E-state index is 11.8. The van der Waals surface area contributed by atoms with Gasteiger partial charge in [-0.1, -0.05) is 0 Å². The molecule has 0 aliphatic carbocycles. The van der Waals surface area contributed by atoms with Crippen LogP contribution in [0.5, 0.6) is 0 Å². The van der Waals surface area contributed by atoms with Gasteiger partial charge in [0.25, 0.3) is 0 Å². The molecule has 0 aromatic rings. The number of ketones is 1. The van der Waals surface area contributed by atoms with E-state index in [9.17, 15) is 18.0 Å². The summed E-state index contributed by atoms with van der Waals surface area (Å²) in [5, 5.41) is 0. The number of carbonyl (C=O) groups excluding carboxylic acids is 2. The number of Topliss-reactive ketones (excluding diaryl/α,β-unsaturated/α-hetero) is 1. The van der Waals surface area contributed by atoms with Gasteiger partial charge in [-0.3, -0.25) is 9.59 Å². The van der Waals surface area contributed by atoms with E-state index >= 15 is 0 Å². The molecule has 0 heterocycles. The fourth-order valence-electron chi connectivity index (χ4n) is 0.981. The second-order valence-electron chi connectivity index (χ2n) is 4.45. The van der Waals surface area contributed by atoms with Crippen LogP contribution in [0.1, 0.15) is 20.8 Å². The van der Waals surface area contributed by atoms with Gasteiger partial charge in [-0.2, -0.15) is 11.8 Å². The molecule has 0 aliphatic heterocycles. The molecule has 0 atom stereocenters. The minimum Gasteiger partial charge on any atom is -0.465 e. The minimum atomic E-state index is -3.01. The van der Waals surface area contributed by atoms with E-state index in [4.69, 9.17) is 4.74 Å². The van der Waals surface area contributed by atoms with Crippen molar-refractivity contribution >= 4 is 33.4 Å². The van der Waals surface area contributed by atoms with Crippen LogP contribution in [0.4, 0.5) is 0 Å². The van der Waals surface area contributed by atoms with Gasteiger partial charge in [0.2, 0.25) is 0 Å². The van der Waals surface area contributed by atoms with Gasteiger partial charge < -0.3 is 4.74 Å². The normalized spacial score (nSPS) is 12.2. The first-order chi connectivity index (χ1) is 8.11. The Morgan fingerprint density at radius 1 is 1.28 bits per heavy atom. The second-order valence-corrected chi connectivity index (χ2v) is 7.82. The summed E-state index contributed by atoms with van der Waals surface area (Å²) in [5.74, 6) is -0.298. The zero-order valence-corrected chi connectivity index (χ0v) is 12.8. The van der Waals surface area contributed by atoms with E-state index in [1.807, 2.05) is 0 Å². The van der Waals surface area contributed by atoms with Gasteiger partial charge in [-0.25, -0.2) is 8.42 Å². The maximum atomic E-state index is 11.8. The van der Waals surface area contributed by atoms with Crippen LogP contribution < -0.4 is 0 Å². The molecule has 0 amide bonds. The monoisotopic (exact) mass is 296 g/mol. The lowest BCUT2D eigenvalue weighted by Gasteiger charge is -2.20. The molecule has 0 unspecified atom stereocenters. The van der Waals surface area contributed by atoms with Gasteiger partial charge in [0.15, 0.2) is 5.78 Å². The molecule has 0 aromatic heterocycles. The number of ether oxygens (including phenoxy) is 1. The third kappa shape index (κ3) is 6.39. The molecule has 0 aromatic carbocycles. The number of thioether (sulfide) groups is 1. The predicted octanol–water partition coefficient (Wildman–Crippen LogP) is 0.923. The SMILES string of the molecule is CCOC(=O)C(C)(C)C(=O)CSCCS(C)(=O)=O. The Balaban J connectivity index is 4.20. The van der Waals surface area contributed by atoms with Crippen molar-refractivity contribution in [2.45, 2.75) is 20.8 Å². The van der Waals surface area contributed by atoms with Crippen LogP contribution in [-0.2, 0) is 24.2 Å². The molecule has 0 fully saturated rings. The largest absolute Gasteiger partial charge is 0.465 e. The summed E-state index contributed by atoms with van der Waals surface area (Å²) in [4.78, 5) is 23.4. The van der Waals surface area contributed by atoms with E-state index < -0.39 is 21.2 Å². The van der Waals surface area contributed by atoms with Crippen molar-refractivity contribution in [3.8, 4) is 0 Å². The van der Waals surface area contributed by atoms with Gasteiger partial charge in [0.1, 0.15) is 15.3 Å². The van der Waals surface area contributed by atoms with Gasteiger partial charge >= 0.3 is 5.97 Å². The lowest BCUT2D eigenvalue weighted by atomic mass is 9.89. The number of hydrogen-bond acceptors (Lipinski definition) is 6. The highest BCUT2D eigenvalue weighted by Gasteiger charge is 2.36. The number of rotatable bonds is 8. The van der Waals surface area contributed by atoms with Crippen LogP contribution in [0.3, 0.4) is 0 Å². The summed E-state index contributed by atoms with van der Waals surface area (Å²) in [6, 6.07) is 0. The van der Waals surface area contributed by atoms with E-state index in [0.717, 1.165) is 6.26 Å². The predicted molar refractivity (Wildman–Crippen MR) is 72.5 cm³/mol. The number of esters is 1. The Morgan fingerprint density at radius 2 is 1.83 bits per heavy atom. The molecule has 0 saturated heterocycles. The number of sulfone groups is 1. The molecule has 7 heteroatoms. The molecule has 0 bridgehead atoms. The summed E-state index contributed by atoms with van der Waals surface area (Å²) in [7, 11) is -3.01. The first kappa shape index (κ1) is 17.4. The average Bonchev–Trinajstić information content (AvgIpc) is 2.22. The fourth-order valence-corrected chi connectivity index (χ4v) is 3.35. The number of carbonyl (C=O) groups is 2. The zero-order chi connectivity index (χ0) is 14.4. The summed E-state index contributed by atoms with van der Waals surface area (Å²) >= 11 is 1.21. The van der Waals surface area contributed by atoms with Gasteiger partial charge in [-0.05, 0) is 20.8 Å². The first-order valence-electron chi connectivity index (χ1n) is 5.57. The molecular weight excluding hydrogens is 276 g/mol. The highest BCUT2D eigenvalue weighted by Crippen LogP contribution is 2.21. The van der Waals surface area contributed by atoms with Crippen molar-refractivity contribution in [3.05, 3.63) is 0 Å². The highest BCUT2D eigenvalue weighted by molar-refractivity contribution is 8.01. The van der Waals surface area contributed by atoms with Crippen molar-refractivity contribution < 1.29 is 22.7 Å². The Hall–Kier alpha value is -0.560. The molecule has 106 valence electrons. The van der Waals surface area contributed by atoms with Crippen molar-refractivity contribution in [1.29, 1.82) is 0 Å². The molecule has 0 spiro atoms. The summed E-state index contributed by atoms with van der Waals surface area (Å²) in [5.41, 5.74) is -1.17. The van der Waals surface area contributed by atoms with Crippen LogP contribution in [0, 0.1) is 5.41 Å². The minimum absolute atomic E-state index is 0.0325.